The second-order valence-electron chi connectivity index (χ2n) is 6.47. The van der Waals surface area contributed by atoms with Gasteiger partial charge >= 0.3 is 5.82 Å². The van der Waals surface area contributed by atoms with E-state index in [2.05, 4.69) is 15.6 Å². The summed E-state index contributed by atoms with van der Waals surface area (Å²) in [6, 6.07) is 10.9. The summed E-state index contributed by atoms with van der Waals surface area (Å²) in [6.45, 7) is 5.55. The average Bonchev–Trinajstić information content (AvgIpc) is 3.24. The van der Waals surface area contributed by atoms with Crippen molar-refractivity contribution in [3.05, 3.63) is 74.8 Å². The topological polar surface area (TPSA) is 116 Å². The van der Waals surface area contributed by atoms with E-state index in [1.807, 2.05) is 37.3 Å². The van der Waals surface area contributed by atoms with Crippen molar-refractivity contribution in [3.8, 4) is 0 Å². The SMILES string of the molecule is CCC(NC(=O)c1noc(C)c1Cn1nc([N+](=O)[O-])cc1C)c1ccccc1. The average molecular weight is 383 g/mol. The van der Waals surface area contributed by atoms with Crippen LogP contribution in [0.5, 0.6) is 0 Å². The highest BCUT2D eigenvalue weighted by Gasteiger charge is 2.25. The van der Waals surface area contributed by atoms with E-state index < -0.39 is 4.92 Å². The third-order valence-corrected chi connectivity index (χ3v) is 4.58. The minimum atomic E-state index is -0.552. The molecule has 2 heterocycles. The van der Waals surface area contributed by atoms with Crippen molar-refractivity contribution < 1.29 is 14.2 Å². The van der Waals surface area contributed by atoms with Crippen molar-refractivity contribution >= 4 is 11.7 Å². The summed E-state index contributed by atoms with van der Waals surface area (Å²) in [6.07, 6.45) is 0.715. The van der Waals surface area contributed by atoms with Crippen LogP contribution >= 0.6 is 0 Å². The molecule has 0 aliphatic carbocycles. The minimum Gasteiger partial charge on any atom is -0.361 e. The maximum absolute atomic E-state index is 12.8. The maximum Gasteiger partial charge on any atom is 0.390 e. The molecule has 2 aromatic heterocycles. The van der Waals surface area contributed by atoms with Gasteiger partial charge in [-0.05, 0) is 30.8 Å². The zero-order valence-electron chi connectivity index (χ0n) is 15.9. The fraction of sp³-hybridized carbons (Fsp3) is 0.316. The first-order chi connectivity index (χ1) is 13.4. The molecule has 0 aliphatic rings. The molecule has 1 atom stereocenters. The number of hydrogen-bond acceptors (Lipinski definition) is 6. The lowest BCUT2D eigenvalue weighted by Crippen LogP contribution is -2.29. The van der Waals surface area contributed by atoms with Crippen LogP contribution in [0.25, 0.3) is 0 Å². The van der Waals surface area contributed by atoms with Gasteiger partial charge < -0.3 is 20.0 Å². The Morgan fingerprint density at radius 1 is 1.32 bits per heavy atom. The number of aryl methyl sites for hydroxylation is 2. The summed E-state index contributed by atoms with van der Waals surface area (Å²) in [5.41, 5.74) is 2.30. The van der Waals surface area contributed by atoms with Crippen LogP contribution in [-0.2, 0) is 6.54 Å². The van der Waals surface area contributed by atoms with Crippen LogP contribution in [0.1, 0.15) is 52.5 Å². The summed E-state index contributed by atoms with van der Waals surface area (Å²) >= 11 is 0. The van der Waals surface area contributed by atoms with Crippen LogP contribution in [0.4, 0.5) is 5.82 Å². The number of aromatic nitrogens is 3. The summed E-state index contributed by atoms with van der Waals surface area (Å²) < 4.78 is 6.68. The molecule has 0 spiro atoms. The normalized spacial score (nSPS) is 12.0. The highest BCUT2D eigenvalue weighted by atomic mass is 16.6. The predicted octanol–water partition coefficient (Wildman–Crippen LogP) is 3.33. The molecule has 9 heteroatoms. The lowest BCUT2D eigenvalue weighted by Gasteiger charge is -2.17. The molecule has 0 aliphatic heterocycles. The standard InChI is InChI=1S/C19H21N5O4/c1-4-16(14-8-6-5-7-9-14)20-19(25)18-15(13(3)28-22-18)11-23-12(2)10-17(21-23)24(26)27/h5-10,16H,4,11H2,1-3H3,(H,20,25). The number of carbonyl (C=O) groups is 1. The molecule has 0 saturated carbocycles. The van der Waals surface area contributed by atoms with Gasteiger partial charge in [0.1, 0.15) is 5.76 Å². The van der Waals surface area contributed by atoms with Crippen LogP contribution in [0.15, 0.2) is 40.9 Å². The minimum absolute atomic E-state index is 0.153. The molecular formula is C19H21N5O4. The van der Waals surface area contributed by atoms with E-state index in [0.29, 0.717) is 23.4 Å². The summed E-state index contributed by atoms with van der Waals surface area (Å²) in [5, 5.41) is 21.8. The monoisotopic (exact) mass is 383 g/mol. The Hall–Kier alpha value is -3.49. The number of amides is 1. The lowest BCUT2D eigenvalue weighted by atomic mass is 10.0. The molecule has 0 fully saturated rings. The van der Waals surface area contributed by atoms with Crippen molar-refractivity contribution in [1.82, 2.24) is 20.3 Å². The van der Waals surface area contributed by atoms with Crippen LogP contribution in [0.3, 0.4) is 0 Å². The Labute approximate surface area is 161 Å². The van der Waals surface area contributed by atoms with Crippen LogP contribution in [-0.4, -0.2) is 25.8 Å². The van der Waals surface area contributed by atoms with Gasteiger partial charge in [0.2, 0.25) is 0 Å². The van der Waals surface area contributed by atoms with E-state index in [4.69, 9.17) is 4.52 Å². The van der Waals surface area contributed by atoms with E-state index in [9.17, 15) is 14.9 Å². The van der Waals surface area contributed by atoms with Gasteiger partial charge in [0, 0.05) is 0 Å². The molecule has 1 N–H and O–H groups in total. The van der Waals surface area contributed by atoms with Gasteiger partial charge in [-0.25, -0.2) is 0 Å². The summed E-state index contributed by atoms with van der Waals surface area (Å²) in [4.78, 5) is 23.2. The summed E-state index contributed by atoms with van der Waals surface area (Å²) in [5.74, 6) is -0.134. The third-order valence-electron chi connectivity index (χ3n) is 4.58. The molecule has 1 unspecified atom stereocenters. The smallest absolute Gasteiger partial charge is 0.361 e. The van der Waals surface area contributed by atoms with Crippen LogP contribution in [0.2, 0.25) is 0 Å². The first kappa shape index (κ1) is 19.3. The number of rotatable bonds is 7. The van der Waals surface area contributed by atoms with Crippen LogP contribution < -0.4 is 5.32 Å². The highest BCUT2D eigenvalue weighted by molar-refractivity contribution is 5.94. The van der Waals surface area contributed by atoms with E-state index in [-0.39, 0.29) is 30.0 Å². The number of hydrogen-bond donors (Lipinski definition) is 1. The molecule has 0 radical (unpaired) electrons. The Morgan fingerprint density at radius 3 is 2.64 bits per heavy atom. The Morgan fingerprint density at radius 2 is 2.04 bits per heavy atom. The Kier molecular flexibility index (Phi) is 5.53. The van der Waals surface area contributed by atoms with Crippen molar-refractivity contribution in [2.45, 2.75) is 39.8 Å². The number of nitro groups is 1. The van der Waals surface area contributed by atoms with Crippen molar-refractivity contribution in [1.29, 1.82) is 0 Å². The van der Waals surface area contributed by atoms with E-state index in [1.165, 1.54) is 10.7 Å². The molecule has 3 rings (SSSR count). The second-order valence-corrected chi connectivity index (χ2v) is 6.47. The van der Waals surface area contributed by atoms with Gasteiger partial charge in [-0.1, -0.05) is 42.4 Å². The van der Waals surface area contributed by atoms with E-state index in [1.54, 1.807) is 13.8 Å². The highest BCUT2D eigenvalue weighted by Crippen LogP contribution is 2.21. The number of nitrogens with zero attached hydrogens (tertiary/aromatic N) is 4. The van der Waals surface area contributed by atoms with E-state index >= 15 is 0 Å². The van der Waals surface area contributed by atoms with Crippen molar-refractivity contribution in [2.24, 2.45) is 0 Å². The fourth-order valence-electron chi connectivity index (χ4n) is 2.98. The molecule has 0 bridgehead atoms. The van der Waals surface area contributed by atoms with Gasteiger partial charge in [-0.15, -0.1) is 0 Å². The predicted molar refractivity (Wildman–Crippen MR) is 101 cm³/mol. The van der Waals surface area contributed by atoms with Gasteiger partial charge in [0.25, 0.3) is 5.91 Å². The molecule has 1 amide bonds. The van der Waals surface area contributed by atoms with Crippen LogP contribution in [0, 0.1) is 24.0 Å². The first-order valence-electron chi connectivity index (χ1n) is 8.90. The number of benzene rings is 1. The third kappa shape index (κ3) is 3.93. The summed E-state index contributed by atoms with van der Waals surface area (Å²) in [7, 11) is 0. The first-order valence-corrected chi connectivity index (χ1v) is 8.90. The molecule has 1 aromatic carbocycles. The molecule has 0 saturated heterocycles. The van der Waals surface area contributed by atoms with Gasteiger partial charge in [-0.3, -0.25) is 4.79 Å². The van der Waals surface area contributed by atoms with Gasteiger partial charge in [0.05, 0.1) is 35.0 Å². The largest absolute Gasteiger partial charge is 0.390 e. The van der Waals surface area contributed by atoms with Crippen molar-refractivity contribution in [3.63, 3.8) is 0 Å². The quantitative estimate of drug-likeness (QED) is 0.494. The molecule has 9 nitrogen and oxygen atoms in total. The zero-order valence-corrected chi connectivity index (χ0v) is 15.9. The fourth-order valence-corrected chi connectivity index (χ4v) is 2.98. The maximum atomic E-state index is 12.8. The Balaban J connectivity index is 1.84. The van der Waals surface area contributed by atoms with Crippen molar-refractivity contribution in [2.75, 3.05) is 0 Å². The number of carbonyl (C=O) groups excluding carboxylic acids is 1. The van der Waals surface area contributed by atoms with E-state index in [0.717, 1.165) is 5.56 Å². The number of nitrogens with one attached hydrogen (secondary N) is 1. The molecule has 146 valence electrons. The van der Waals surface area contributed by atoms with Gasteiger partial charge in [0.15, 0.2) is 5.69 Å². The molecule has 28 heavy (non-hydrogen) atoms. The molecule has 3 aromatic rings. The zero-order chi connectivity index (χ0) is 20.3. The Bertz CT molecular complexity index is 993. The second kappa shape index (κ2) is 8.03. The van der Waals surface area contributed by atoms with Gasteiger partial charge in [-0.2, -0.15) is 4.68 Å². The lowest BCUT2D eigenvalue weighted by molar-refractivity contribution is -0.389. The molecular weight excluding hydrogens is 362 g/mol.